The zero-order valence-corrected chi connectivity index (χ0v) is 21.5. The Bertz CT molecular complexity index is 1500. The van der Waals surface area contributed by atoms with Gasteiger partial charge in [-0.15, -0.1) is 0 Å². The molecule has 1 atom stereocenters. The van der Waals surface area contributed by atoms with Crippen LogP contribution in [0.15, 0.2) is 36.8 Å². The Balaban J connectivity index is 1.11. The normalized spacial score (nSPS) is 19.6. The second kappa shape index (κ2) is 9.50. The highest BCUT2D eigenvalue weighted by Crippen LogP contribution is 2.37. The first-order chi connectivity index (χ1) is 18.6. The Morgan fingerprint density at radius 2 is 2.03 bits per heavy atom. The Labute approximate surface area is 220 Å². The van der Waals surface area contributed by atoms with Crippen molar-refractivity contribution in [1.29, 1.82) is 0 Å². The van der Waals surface area contributed by atoms with Crippen LogP contribution in [0.25, 0.3) is 11.2 Å². The second-order valence-corrected chi connectivity index (χ2v) is 10.7. The number of ether oxygens (including phenoxy) is 2. The first-order valence-corrected chi connectivity index (χ1v) is 13.5. The van der Waals surface area contributed by atoms with Crippen LogP contribution in [0.5, 0.6) is 11.5 Å². The first kappa shape index (κ1) is 23.3. The highest BCUT2D eigenvalue weighted by Gasteiger charge is 2.30. The number of hydrogen-bond donors (Lipinski definition) is 1. The number of rotatable bonds is 9. The summed E-state index contributed by atoms with van der Waals surface area (Å²) in [6.07, 6.45) is 12.5. The van der Waals surface area contributed by atoms with Gasteiger partial charge < -0.3 is 23.9 Å². The lowest BCUT2D eigenvalue weighted by Gasteiger charge is -2.29. The molecule has 0 spiro atoms. The highest BCUT2D eigenvalue weighted by molar-refractivity contribution is 5.85. The van der Waals surface area contributed by atoms with E-state index in [9.17, 15) is 4.79 Å². The maximum Gasteiger partial charge on any atom is 0.210 e. The van der Waals surface area contributed by atoms with Crippen molar-refractivity contribution in [3.05, 3.63) is 48.3 Å². The first-order valence-electron chi connectivity index (χ1n) is 13.5. The standard InChI is InChI=1S/C28H31N7O3/c1-34-23-13-22(38-21-7-9-29-19(11-21)12-24(36)17-5-6-17)14-30-26(23)33-28(34)32-25-15-35(20-3-2-4-20)27(31-25)18-8-10-37-16-18/h7,9,11,13-15,17-18,20H,2-6,8,10,12,16H2,1H3,(H,30,32,33)/t18-/m1/s1. The number of carbonyl (C=O) groups excluding carboxylic acids is 1. The van der Waals surface area contributed by atoms with Crippen LogP contribution in [0.4, 0.5) is 11.8 Å². The molecule has 5 heterocycles. The van der Waals surface area contributed by atoms with Crippen LogP contribution in [0.2, 0.25) is 0 Å². The Morgan fingerprint density at radius 1 is 1.13 bits per heavy atom. The SMILES string of the molecule is Cn1c(Nc2cn(C3CCC3)c([C@@H]3CCOC3)n2)nc2ncc(Oc3ccnc(CC(=O)C4CC4)c3)cc21. The Kier molecular flexibility index (Phi) is 5.84. The third kappa shape index (κ3) is 4.53. The van der Waals surface area contributed by atoms with Crippen LogP contribution >= 0.6 is 0 Å². The number of aromatic nitrogens is 6. The van der Waals surface area contributed by atoms with Gasteiger partial charge in [0.25, 0.3) is 0 Å². The summed E-state index contributed by atoms with van der Waals surface area (Å²) in [7, 11) is 1.95. The predicted octanol–water partition coefficient (Wildman–Crippen LogP) is 4.85. The number of ketones is 1. The minimum atomic E-state index is 0.218. The van der Waals surface area contributed by atoms with E-state index in [1.165, 1.54) is 19.3 Å². The molecule has 10 nitrogen and oxygen atoms in total. The van der Waals surface area contributed by atoms with E-state index < -0.39 is 0 Å². The summed E-state index contributed by atoms with van der Waals surface area (Å²) in [4.78, 5) is 30.7. The van der Waals surface area contributed by atoms with E-state index in [-0.39, 0.29) is 11.7 Å². The lowest BCUT2D eigenvalue weighted by Crippen LogP contribution is -2.20. The third-order valence-corrected chi connectivity index (χ3v) is 7.89. The van der Waals surface area contributed by atoms with E-state index in [0.717, 1.165) is 55.3 Å². The van der Waals surface area contributed by atoms with Gasteiger partial charge in [-0.3, -0.25) is 9.78 Å². The number of Topliss-reactive ketones (excluding diaryl/α,β-unsaturated/α-hetero) is 1. The van der Waals surface area contributed by atoms with Crippen molar-refractivity contribution in [2.45, 2.75) is 56.9 Å². The molecule has 2 saturated carbocycles. The summed E-state index contributed by atoms with van der Waals surface area (Å²) in [5.41, 5.74) is 2.19. The summed E-state index contributed by atoms with van der Waals surface area (Å²) in [5.74, 6) is 4.61. The fourth-order valence-corrected chi connectivity index (χ4v) is 5.28. The van der Waals surface area contributed by atoms with Gasteiger partial charge in [-0.1, -0.05) is 0 Å². The van der Waals surface area contributed by atoms with Gasteiger partial charge in [-0.05, 0) is 44.6 Å². The van der Waals surface area contributed by atoms with E-state index >= 15 is 0 Å². The van der Waals surface area contributed by atoms with Crippen molar-refractivity contribution < 1.29 is 14.3 Å². The van der Waals surface area contributed by atoms with Gasteiger partial charge in [0.2, 0.25) is 5.95 Å². The number of nitrogens with one attached hydrogen (secondary N) is 1. The zero-order valence-electron chi connectivity index (χ0n) is 21.5. The lowest BCUT2D eigenvalue weighted by atomic mass is 9.92. The fourth-order valence-electron chi connectivity index (χ4n) is 5.28. The Hall–Kier alpha value is -3.79. The topological polar surface area (TPSA) is 109 Å². The maximum atomic E-state index is 12.2. The van der Waals surface area contributed by atoms with E-state index in [0.29, 0.717) is 41.5 Å². The molecular weight excluding hydrogens is 482 g/mol. The smallest absolute Gasteiger partial charge is 0.210 e. The van der Waals surface area contributed by atoms with Crippen LogP contribution in [0.1, 0.15) is 62.0 Å². The molecule has 4 aromatic heterocycles. The number of fused-ring (bicyclic) bond motifs is 1. The molecule has 0 amide bonds. The molecule has 2 aliphatic carbocycles. The summed E-state index contributed by atoms with van der Waals surface area (Å²) < 4.78 is 16.0. The lowest BCUT2D eigenvalue weighted by molar-refractivity contribution is -0.119. The molecular formula is C28H31N7O3. The van der Waals surface area contributed by atoms with Crippen LogP contribution in [-0.2, 0) is 23.0 Å². The molecule has 10 heteroatoms. The molecule has 3 aliphatic rings. The van der Waals surface area contributed by atoms with Gasteiger partial charge in [0.15, 0.2) is 11.5 Å². The van der Waals surface area contributed by atoms with Crippen molar-refractivity contribution in [2.75, 3.05) is 18.5 Å². The molecule has 1 N–H and O–H groups in total. The number of pyridine rings is 2. The van der Waals surface area contributed by atoms with Gasteiger partial charge >= 0.3 is 0 Å². The molecule has 0 radical (unpaired) electrons. The van der Waals surface area contributed by atoms with Gasteiger partial charge in [0.1, 0.15) is 23.1 Å². The van der Waals surface area contributed by atoms with Crippen molar-refractivity contribution in [3.63, 3.8) is 0 Å². The van der Waals surface area contributed by atoms with Crippen LogP contribution in [0, 0.1) is 5.92 Å². The van der Waals surface area contributed by atoms with Crippen LogP contribution in [-0.4, -0.2) is 48.1 Å². The van der Waals surface area contributed by atoms with Crippen molar-refractivity contribution in [3.8, 4) is 11.5 Å². The third-order valence-electron chi connectivity index (χ3n) is 7.89. The average molecular weight is 514 g/mol. The number of carbonyl (C=O) groups is 1. The van der Waals surface area contributed by atoms with Gasteiger partial charge in [0.05, 0.1) is 24.0 Å². The number of imidazole rings is 2. The average Bonchev–Trinajstić information content (AvgIpc) is 3.31. The molecule has 3 fully saturated rings. The minimum absolute atomic E-state index is 0.218. The summed E-state index contributed by atoms with van der Waals surface area (Å²) in [6.45, 7) is 1.53. The maximum absolute atomic E-state index is 12.2. The molecule has 0 unspecified atom stereocenters. The van der Waals surface area contributed by atoms with Crippen LogP contribution in [0.3, 0.4) is 0 Å². The highest BCUT2D eigenvalue weighted by atomic mass is 16.5. The molecule has 0 aromatic carbocycles. The van der Waals surface area contributed by atoms with E-state index in [1.54, 1.807) is 18.5 Å². The largest absolute Gasteiger partial charge is 0.456 e. The predicted molar refractivity (Wildman–Crippen MR) is 141 cm³/mol. The molecule has 38 heavy (non-hydrogen) atoms. The van der Waals surface area contributed by atoms with Gasteiger partial charge in [-0.2, -0.15) is 4.98 Å². The molecule has 1 aliphatic heterocycles. The number of anilines is 2. The summed E-state index contributed by atoms with van der Waals surface area (Å²) >= 11 is 0. The van der Waals surface area contributed by atoms with Gasteiger partial charge in [-0.25, -0.2) is 9.97 Å². The molecule has 4 aromatic rings. The quantitative estimate of drug-likeness (QED) is 0.338. The summed E-state index contributed by atoms with van der Waals surface area (Å²) in [5, 5.41) is 3.42. The van der Waals surface area contributed by atoms with E-state index in [4.69, 9.17) is 19.4 Å². The van der Waals surface area contributed by atoms with E-state index in [2.05, 4.69) is 26.0 Å². The molecule has 1 saturated heterocycles. The minimum Gasteiger partial charge on any atom is -0.456 e. The van der Waals surface area contributed by atoms with Crippen LogP contribution < -0.4 is 10.1 Å². The molecule has 7 rings (SSSR count). The van der Waals surface area contributed by atoms with Crippen molar-refractivity contribution in [2.24, 2.45) is 13.0 Å². The van der Waals surface area contributed by atoms with Crippen molar-refractivity contribution >= 4 is 28.7 Å². The van der Waals surface area contributed by atoms with E-state index in [1.807, 2.05) is 23.7 Å². The zero-order chi connectivity index (χ0) is 25.6. The number of nitrogens with zero attached hydrogens (tertiary/aromatic N) is 6. The van der Waals surface area contributed by atoms with Crippen molar-refractivity contribution in [1.82, 2.24) is 29.1 Å². The number of hydrogen-bond acceptors (Lipinski definition) is 8. The molecule has 196 valence electrons. The Morgan fingerprint density at radius 3 is 2.79 bits per heavy atom. The number of aryl methyl sites for hydroxylation is 1. The molecule has 0 bridgehead atoms. The van der Waals surface area contributed by atoms with Gasteiger partial charge in [0, 0.05) is 62.5 Å². The second-order valence-electron chi connectivity index (χ2n) is 10.7. The summed E-state index contributed by atoms with van der Waals surface area (Å²) in [6, 6.07) is 6.06. The monoisotopic (exact) mass is 513 g/mol. The fraction of sp³-hybridized carbons (Fsp3) is 0.464.